The van der Waals surface area contributed by atoms with Crippen LogP contribution < -0.4 is 0 Å². The van der Waals surface area contributed by atoms with E-state index in [9.17, 15) is 0 Å². The molecule has 4 heterocycles. The van der Waals surface area contributed by atoms with E-state index in [1.807, 2.05) is 12.3 Å². The van der Waals surface area contributed by atoms with E-state index in [4.69, 9.17) is 9.40 Å². The third kappa shape index (κ3) is 2.89. The maximum absolute atomic E-state index is 5.15. The van der Waals surface area contributed by atoms with Crippen molar-refractivity contribution >= 4 is 0 Å². The predicted octanol–water partition coefficient (Wildman–Crippen LogP) is 2.09. The summed E-state index contributed by atoms with van der Waals surface area (Å²) in [5, 5.41) is 0. The van der Waals surface area contributed by atoms with Crippen molar-refractivity contribution in [3.63, 3.8) is 0 Å². The molecule has 0 bridgehead atoms. The molecule has 0 radical (unpaired) electrons. The molecule has 1 saturated heterocycles. The van der Waals surface area contributed by atoms with Crippen molar-refractivity contribution in [2.24, 2.45) is 0 Å². The monoisotopic (exact) mass is 286 g/mol. The number of aromatic nitrogens is 2. The zero-order chi connectivity index (χ0) is 14.1. The fourth-order valence-corrected chi connectivity index (χ4v) is 3.38. The second kappa shape index (κ2) is 5.66. The summed E-state index contributed by atoms with van der Waals surface area (Å²) in [6, 6.07) is 2.04. The Hall–Kier alpha value is -1.59. The summed E-state index contributed by atoms with van der Waals surface area (Å²) in [5.74, 6) is 1.21. The molecule has 1 fully saturated rings. The van der Waals surface area contributed by atoms with Crippen LogP contribution in [-0.4, -0.2) is 39.0 Å². The Morgan fingerprint density at radius 1 is 1.05 bits per heavy atom. The molecular weight excluding hydrogens is 264 g/mol. The van der Waals surface area contributed by atoms with Crippen molar-refractivity contribution < 1.29 is 4.42 Å². The fraction of sp³-hybridized carbons (Fsp3) is 0.562. The molecule has 2 aliphatic rings. The van der Waals surface area contributed by atoms with Crippen LogP contribution in [0, 0.1) is 0 Å². The van der Waals surface area contributed by atoms with E-state index in [1.165, 1.54) is 43.0 Å². The first-order valence-corrected chi connectivity index (χ1v) is 7.87. The molecule has 112 valence electrons. The van der Waals surface area contributed by atoms with Gasteiger partial charge in [0, 0.05) is 37.9 Å². The lowest BCUT2D eigenvalue weighted by Gasteiger charge is -2.26. The molecule has 21 heavy (non-hydrogen) atoms. The van der Waals surface area contributed by atoms with Gasteiger partial charge < -0.3 is 8.98 Å². The van der Waals surface area contributed by atoms with Crippen LogP contribution in [0.2, 0.25) is 0 Å². The van der Waals surface area contributed by atoms with Gasteiger partial charge in [-0.1, -0.05) is 0 Å². The molecule has 0 N–H and O–H groups in total. The average molecular weight is 286 g/mol. The van der Waals surface area contributed by atoms with E-state index < -0.39 is 0 Å². The summed E-state index contributed by atoms with van der Waals surface area (Å²) in [6.45, 7) is 7.49. The zero-order valence-electron chi connectivity index (χ0n) is 12.4. The average Bonchev–Trinajstić information content (AvgIpc) is 3.19. The van der Waals surface area contributed by atoms with Gasteiger partial charge in [-0.2, -0.15) is 0 Å². The molecule has 0 unspecified atom stereocenters. The van der Waals surface area contributed by atoms with Crippen molar-refractivity contribution in [1.29, 1.82) is 0 Å². The minimum atomic E-state index is 0.936. The van der Waals surface area contributed by atoms with E-state index >= 15 is 0 Å². The highest BCUT2D eigenvalue weighted by Crippen LogP contribution is 2.18. The van der Waals surface area contributed by atoms with Crippen LogP contribution in [0.4, 0.5) is 0 Å². The molecule has 0 amide bonds. The molecule has 4 rings (SSSR count). The minimum absolute atomic E-state index is 0.936. The zero-order valence-corrected chi connectivity index (χ0v) is 12.4. The molecule has 0 aliphatic carbocycles. The quantitative estimate of drug-likeness (QED) is 0.862. The summed E-state index contributed by atoms with van der Waals surface area (Å²) in [7, 11) is 0. The van der Waals surface area contributed by atoms with Crippen molar-refractivity contribution in [1.82, 2.24) is 19.4 Å². The predicted molar refractivity (Wildman–Crippen MR) is 79.6 cm³/mol. The van der Waals surface area contributed by atoms with Gasteiger partial charge in [0.25, 0.3) is 0 Å². The van der Waals surface area contributed by atoms with E-state index in [1.54, 1.807) is 6.26 Å². The van der Waals surface area contributed by atoms with Crippen LogP contribution >= 0.6 is 0 Å². The van der Waals surface area contributed by atoms with E-state index in [2.05, 4.69) is 20.6 Å². The van der Waals surface area contributed by atoms with Gasteiger partial charge in [-0.15, -0.1) is 0 Å². The highest BCUT2D eigenvalue weighted by molar-refractivity contribution is 5.09. The molecule has 0 atom stereocenters. The standard InChI is InChI=1S/C16H22N4O/c1-2-5-18(4-1)10-15-11-20-7-6-19(12-16(20)17-15)9-14-3-8-21-13-14/h3,8,11,13H,1-2,4-7,9-10,12H2. The van der Waals surface area contributed by atoms with Crippen molar-refractivity contribution in [3.8, 4) is 0 Å². The molecule has 0 aromatic carbocycles. The third-order valence-electron chi connectivity index (χ3n) is 4.50. The van der Waals surface area contributed by atoms with E-state index in [-0.39, 0.29) is 0 Å². The summed E-state index contributed by atoms with van der Waals surface area (Å²) < 4.78 is 7.48. The molecule has 0 saturated carbocycles. The lowest BCUT2D eigenvalue weighted by atomic mass is 10.3. The maximum Gasteiger partial charge on any atom is 0.123 e. The fourth-order valence-electron chi connectivity index (χ4n) is 3.38. The Bertz CT molecular complexity index is 583. The summed E-state index contributed by atoms with van der Waals surface area (Å²) in [6.07, 6.45) is 8.51. The number of furan rings is 1. The molecule has 2 aromatic rings. The molecule has 2 aromatic heterocycles. The first-order valence-electron chi connectivity index (χ1n) is 7.87. The van der Waals surface area contributed by atoms with E-state index in [0.717, 1.165) is 32.7 Å². The number of likely N-dealkylation sites (tertiary alicyclic amines) is 1. The molecule has 2 aliphatic heterocycles. The van der Waals surface area contributed by atoms with Gasteiger partial charge in [-0.3, -0.25) is 9.80 Å². The van der Waals surface area contributed by atoms with Gasteiger partial charge in [-0.25, -0.2) is 4.98 Å². The highest BCUT2D eigenvalue weighted by Gasteiger charge is 2.20. The largest absolute Gasteiger partial charge is 0.472 e. The molecule has 5 nitrogen and oxygen atoms in total. The first-order chi connectivity index (χ1) is 10.4. The molecule has 5 heteroatoms. The lowest BCUT2D eigenvalue weighted by molar-refractivity contribution is 0.208. The smallest absolute Gasteiger partial charge is 0.123 e. The Balaban J connectivity index is 1.41. The van der Waals surface area contributed by atoms with Gasteiger partial charge in [0.15, 0.2) is 0 Å². The van der Waals surface area contributed by atoms with Gasteiger partial charge in [0.2, 0.25) is 0 Å². The van der Waals surface area contributed by atoms with Gasteiger partial charge in [-0.05, 0) is 32.0 Å². The summed E-state index contributed by atoms with van der Waals surface area (Å²) >= 11 is 0. The van der Waals surface area contributed by atoms with Crippen molar-refractivity contribution in [3.05, 3.63) is 41.9 Å². The second-order valence-corrected chi connectivity index (χ2v) is 6.17. The Labute approximate surface area is 125 Å². The lowest BCUT2D eigenvalue weighted by Crippen LogP contribution is -2.33. The van der Waals surface area contributed by atoms with Gasteiger partial charge in [0.05, 0.1) is 24.8 Å². The molecule has 0 spiro atoms. The second-order valence-electron chi connectivity index (χ2n) is 6.17. The van der Waals surface area contributed by atoms with Crippen LogP contribution in [0.15, 0.2) is 29.2 Å². The number of nitrogens with zero attached hydrogens (tertiary/aromatic N) is 4. The summed E-state index contributed by atoms with van der Waals surface area (Å²) in [4.78, 5) is 9.80. The Kier molecular flexibility index (Phi) is 3.53. The minimum Gasteiger partial charge on any atom is -0.472 e. The number of rotatable bonds is 4. The van der Waals surface area contributed by atoms with Gasteiger partial charge >= 0.3 is 0 Å². The molecular formula is C16H22N4O. The maximum atomic E-state index is 5.15. The number of imidazole rings is 1. The van der Waals surface area contributed by atoms with Gasteiger partial charge in [0.1, 0.15) is 5.82 Å². The normalized spacial score (nSPS) is 20.0. The topological polar surface area (TPSA) is 37.4 Å². The highest BCUT2D eigenvalue weighted by atomic mass is 16.3. The number of hydrogen-bond acceptors (Lipinski definition) is 4. The first kappa shape index (κ1) is 13.1. The SMILES string of the molecule is c1cc(CN2CCn3cc(CN4CCCC4)nc3C2)co1. The van der Waals surface area contributed by atoms with Crippen LogP contribution in [0.5, 0.6) is 0 Å². The Morgan fingerprint density at radius 2 is 1.95 bits per heavy atom. The van der Waals surface area contributed by atoms with Crippen LogP contribution in [0.25, 0.3) is 0 Å². The van der Waals surface area contributed by atoms with Crippen molar-refractivity contribution in [2.45, 2.75) is 39.0 Å². The Morgan fingerprint density at radius 3 is 2.76 bits per heavy atom. The van der Waals surface area contributed by atoms with Crippen molar-refractivity contribution in [2.75, 3.05) is 19.6 Å². The number of fused-ring (bicyclic) bond motifs is 1. The third-order valence-corrected chi connectivity index (χ3v) is 4.50. The van der Waals surface area contributed by atoms with E-state index in [0.29, 0.717) is 0 Å². The number of hydrogen-bond donors (Lipinski definition) is 0. The van der Waals surface area contributed by atoms with Crippen LogP contribution in [0.3, 0.4) is 0 Å². The van der Waals surface area contributed by atoms with Crippen LogP contribution in [-0.2, 0) is 26.2 Å². The summed E-state index contributed by atoms with van der Waals surface area (Å²) in [5.41, 5.74) is 2.48. The van der Waals surface area contributed by atoms with Crippen LogP contribution in [0.1, 0.15) is 29.9 Å².